The minimum Gasteiger partial charge on any atom is -0.288 e. The van der Waals surface area contributed by atoms with E-state index in [2.05, 4.69) is 24.0 Å². The van der Waals surface area contributed by atoms with Crippen molar-refractivity contribution in [3.63, 3.8) is 0 Å². The van der Waals surface area contributed by atoms with E-state index in [1.54, 1.807) is 11.6 Å². The van der Waals surface area contributed by atoms with Crippen LogP contribution in [0.1, 0.15) is 30.6 Å². The van der Waals surface area contributed by atoms with Gasteiger partial charge in [-0.15, -0.1) is 11.8 Å². The van der Waals surface area contributed by atoms with Crippen molar-refractivity contribution in [1.29, 1.82) is 0 Å². The van der Waals surface area contributed by atoms with Crippen molar-refractivity contribution >= 4 is 23.7 Å². The lowest BCUT2D eigenvalue weighted by Crippen LogP contribution is -2.20. The van der Waals surface area contributed by atoms with Gasteiger partial charge in [0, 0.05) is 11.0 Å². The fourth-order valence-electron chi connectivity index (χ4n) is 2.50. The molecule has 3 rings (SSSR count). The van der Waals surface area contributed by atoms with Gasteiger partial charge in [0.05, 0.1) is 10.7 Å². The first-order chi connectivity index (χ1) is 12.2. The van der Waals surface area contributed by atoms with Gasteiger partial charge in [-0.2, -0.15) is 0 Å². The summed E-state index contributed by atoms with van der Waals surface area (Å²) in [7, 11) is 0. The van der Waals surface area contributed by atoms with Gasteiger partial charge >= 0.3 is 0 Å². The van der Waals surface area contributed by atoms with Crippen LogP contribution in [0.4, 0.5) is 0 Å². The molecule has 1 aliphatic rings. The van der Waals surface area contributed by atoms with Crippen molar-refractivity contribution in [2.24, 2.45) is 9.98 Å². The molecule has 6 heteroatoms. The second-order valence-corrected chi connectivity index (χ2v) is 6.78. The van der Waals surface area contributed by atoms with Crippen LogP contribution in [0.5, 0.6) is 0 Å². The number of benzene rings is 2. The number of rotatable bonds is 6. The van der Waals surface area contributed by atoms with Crippen molar-refractivity contribution < 1.29 is 10.0 Å². The zero-order valence-electron chi connectivity index (χ0n) is 13.8. The smallest absolute Gasteiger partial charge is 0.267 e. The number of fused-ring (bicyclic) bond motifs is 1. The van der Waals surface area contributed by atoms with Crippen molar-refractivity contribution in [3.05, 3.63) is 70.4 Å². The Morgan fingerprint density at radius 2 is 2.08 bits per heavy atom. The Kier molecular flexibility index (Phi) is 5.63. The number of nitrogens with zero attached hydrogens (tertiary/aromatic N) is 2. The van der Waals surface area contributed by atoms with Crippen molar-refractivity contribution in [1.82, 2.24) is 5.48 Å². The molecule has 25 heavy (non-hydrogen) atoms. The van der Waals surface area contributed by atoms with Crippen LogP contribution >= 0.6 is 11.8 Å². The first-order valence-electron chi connectivity index (χ1n) is 8.10. The molecule has 2 aromatic rings. The fraction of sp³-hybridized carbons (Fsp3) is 0.211. The minimum atomic E-state index is -0.565. The molecule has 1 unspecified atom stereocenters. The molecule has 2 N–H and O–H groups in total. The number of hydrogen-bond acceptors (Lipinski definition) is 5. The lowest BCUT2D eigenvalue weighted by atomic mass is 10.1. The van der Waals surface area contributed by atoms with Gasteiger partial charge in [-0.25, -0.2) is 5.48 Å². The number of hydrogen-bond donors (Lipinski definition) is 2. The van der Waals surface area contributed by atoms with Gasteiger partial charge in [-0.3, -0.25) is 20.0 Å². The van der Waals surface area contributed by atoms with E-state index >= 15 is 0 Å². The summed E-state index contributed by atoms with van der Waals surface area (Å²) in [6, 6.07) is 13.9. The molecule has 0 aliphatic carbocycles. The highest BCUT2D eigenvalue weighted by Crippen LogP contribution is 2.22. The average molecular weight is 353 g/mol. The Balaban J connectivity index is 1.84. The predicted molar refractivity (Wildman–Crippen MR) is 97.9 cm³/mol. The molecule has 1 atom stereocenters. The Bertz CT molecular complexity index is 925. The Hall–Kier alpha value is -2.44. The van der Waals surface area contributed by atoms with Gasteiger partial charge in [0.2, 0.25) is 0 Å². The molecule has 0 spiro atoms. The molecule has 0 radical (unpaired) electrons. The van der Waals surface area contributed by atoms with Crippen LogP contribution in [0.3, 0.4) is 0 Å². The average Bonchev–Trinajstić information content (AvgIpc) is 3.08. The van der Waals surface area contributed by atoms with Crippen molar-refractivity contribution in [3.8, 4) is 0 Å². The number of hydroxylamine groups is 1. The summed E-state index contributed by atoms with van der Waals surface area (Å²) < 4.78 is 0. The second kappa shape index (κ2) is 8.09. The van der Waals surface area contributed by atoms with E-state index in [4.69, 9.17) is 10.2 Å². The zero-order valence-corrected chi connectivity index (χ0v) is 14.7. The van der Waals surface area contributed by atoms with Crippen LogP contribution in [0, 0.1) is 0 Å². The molecule has 1 aliphatic heterocycles. The van der Waals surface area contributed by atoms with E-state index in [0.29, 0.717) is 0 Å². The molecule has 1 amide bonds. The molecule has 5 nitrogen and oxygen atoms in total. The predicted octanol–water partition coefficient (Wildman–Crippen LogP) is 2.66. The second-order valence-electron chi connectivity index (χ2n) is 5.61. The van der Waals surface area contributed by atoms with E-state index in [1.165, 1.54) is 11.0 Å². The maximum absolute atomic E-state index is 11.1. The van der Waals surface area contributed by atoms with Crippen molar-refractivity contribution in [2.75, 3.05) is 5.75 Å². The van der Waals surface area contributed by atoms with Crippen LogP contribution in [0.15, 0.2) is 63.4 Å². The largest absolute Gasteiger partial charge is 0.288 e. The molecular formula is C19H19N3O2S. The number of amides is 1. The fourth-order valence-corrected chi connectivity index (χ4v) is 3.30. The molecule has 128 valence electrons. The number of nitrogens with one attached hydrogen (secondary N) is 1. The molecule has 2 aromatic carbocycles. The lowest BCUT2D eigenvalue weighted by Gasteiger charge is -2.05. The molecule has 1 heterocycles. The van der Waals surface area contributed by atoms with Crippen LogP contribution in [0.25, 0.3) is 6.08 Å². The van der Waals surface area contributed by atoms with Crippen LogP contribution in [0.2, 0.25) is 0 Å². The number of carbonyl (C=O) groups is 1. The van der Waals surface area contributed by atoms with Crippen LogP contribution in [-0.4, -0.2) is 16.9 Å². The Morgan fingerprint density at radius 1 is 1.24 bits per heavy atom. The summed E-state index contributed by atoms with van der Waals surface area (Å²) in [6.07, 6.45) is 3.78. The molecule has 0 saturated carbocycles. The molecule has 0 bridgehead atoms. The summed E-state index contributed by atoms with van der Waals surface area (Å²) in [6.45, 7) is 2.17. The van der Waals surface area contributed by atoms with E-state index < -0.39 is 5.91 Å². The highest BCUT2D eigenvalue weighted by molar-refractivity contribution is 7.99. The van der Waals surface area contributed by atoms with Gasteiger partial charge in [0.15, 0.2) is 6.17 Å². The van der Waals surface area contributed by atoms with Gasteiger partial charge in [0.1, 0.15) is 0 Å². The molecule has 0 aromatic heterocycles. The third-order valence-corrected chi connectivity index (χ3v) is 4.89. The van der Waals surface area contributed by atoms with E-state index in [0.717, 1.165) is 34.0 Å². The summed E-state index contributed by atoms with van der Waals surface area (Å²) in [5.74, 6) is 0.528. The van der Waals surface area contributed by atoms with Gasteiger partial charge < -0.3 is 0 Å². The summed E-state index contributed by atoms with van der Waals surface area (Å²) in [5, 5.41) is 10.4. The molecule has 0 fully saturated rings. The standard InChI is InChI=1S/C19H19N3O2S/c1-2-10-25-15-7-8-16-17(12-15)21-19(20-16)14-5-3-4-13(11-14)6-9-18(23)22-24/h3-9,11-12,19,24H,2,10H2,1H3,(H,22,23)/b9-6+. The van der Waals surface area contributed by atoms with Crippen molar-refractivity contribution in [2.45, 2.75) is 24.4 Å². The maximum Gasteiger partial charge on any atom is 0.267 e. The first kappa shape index (κ1) is 17.4. The highest BCUT2D eigenvalue weighted by Gasteiger charge is 2.13. The third-order valence-electron chi connectivity index (χ3n) is 3.69. The summed E-state index contributed by atoms with van der Waals surface area (Å²) in [4.78, 5) is 21.7. The van der Waals surface area contributed by atoms with Gasteiger partial charge in [-0.1, -0.05) is 25.1 Å². The topological polar surface area (TPSA) is 74.0 Å². The quantitative estimate of drug-likeness (QED) is 0.363. The summed E-state index contributed by atoms with van der Waals surface area (Å²) >= 11 is 1.83. The number of carbonyl (C=O) groups excluding carboxylic acids is 1. The van der Waals surface area contributed by atoms with Gasteiger partial charge in [0.25, 0.3) is 5.91 Å². The van der Waals surface area contributed by atoms with Crippen LogP contribution in [-0.2, 0) is 4.79 Å². The Morgan fingerprint density at radius 3 is 2.88 bits per heavy atom. The van der Waals surface area contributed by atoms with Gasteiger partial charge in [-0.05, 0) is 53.6 Å². The molecule has 0 saturated heterocycles. The monoisotopic (exact) mass is 353 g/mol. The van der Waals surface area contributed by atoms with E-state index in [-0.39, 0.29) is 6.17 Å². The zero-order chi connectivity index (χ0) is 17.6. The van der Waals surface area contributed by atoms with Crippen LogP contribution < -0.4 is 16.2 Å². The first-order valence-corrected chi connectivity index (χ1v) is 9.09. The normalized spacial score (nSPS) is 15.5. The Labute approximate surface area is 150 Å². The maximum atomic E-state index is 11.1. The number of thioether (sulfide) groups is 1. The lowest BCUT2D eigenvalue weighted by molar-refractivity contribution is -0.124. The third kappa shape index (κ3) is 4.35. The summed E-state index contributed by atoms with van der Waals surface area (Å²) in [5.41, 5.74) is 3.38. The highest BCUT2D eigenvalue weighted by atomic mass is 32.2. The van der Waals surface area contributed by atoms with E-state index in [9.17, 15) is 4.79 Å². The van der Waals surface area contributed by atoms with E-state index in [1.807, 2.05) is 42.1 Å². The minimum absolute atomic E-state index is 0.263. The molecular weight excluding hydrogens is 334 g/mol. The SMILES string of the molecule is CCCSc1ccc2c(c1)=NC(c1cccc(/C=C/C(=O)NO)c1)N=2.